The van der Waals surface area contributed by atoms with Gasteiger partial charge in [-0.3, -0.25) is 9.21 Å². The molecule has 3 aromatic rings. The van der Waals surface area contributed by atoms with Crippen molar-refractivity contribution in [3.8, 4) is 17.2 Å². The van der Waals surface area contributed by atoms with E-state index in [1.54, 1.807) is 25.3 Å². The molecule has 9 heteroatoms. The smallest absolute Gasteiger partial charge is 0.264 e. The van der Waals surface area contributed by atoms with Gasteiger partial charge in [0.25, 0.3) is 10.0 Å². The molecule has 7 nitrogen and oxygen atoms in total. The highest BCUT2D eigenvalue weighted by Gasteiger charge is 2.35. The lowest BCUT2D eigenvalue weighted by atomic mass is 10.0. The van der Waals surface area contributed by atoms with E-state index in [2.05, 4.69) is 11.0 Å². The molecule has 0 radical (unpaired) electrons. The Balaban J connectivity index is 1.40. The molecule has 2 heterocycles. The van der Waals surface area contributed by atoms with Crippen LogP contribution in [-0.4, -0.2) is 46.4 Å². The van der Waals surface area contributed by atoms with E-state index in [0.29, 0.717) is 30.0 Å². The van der Waals surface area contributed by atoms with Crippen molar-refractivity contribution in [1.29, 1.82) is 0 Å². The molecule has 5 rings (SSSR count). The number of sulfonamides is 1. The van der Waals surface area contributed by atoms with Crippen molar-refractivity contribution in [2.45, 2.75) is 30.3 Å². The first kappa shape index (κ1) is 23.4. The van der Waals surface area contributed by atoms with Gasteiger partial charge in [-0.1, -0.05) is 12.1 Å². The Hall–Kier alpha value is -3.30. The van der Waals surface area contributed by atoms with Gasteiger partial charge in [0.15, 0.2) is 11.5 Å². The van der Waals surface area contributed by atoms with Gasteiger partial charge in [0, 0.05) is 31.7 Å². The van der Waals surface area contributed by atoms with Crippen molar-refractivity contribution in [1.82, 2.24) is 4.90 Å². The minimum atomic E-state index is -3.94. The third kappa shape index (κ3) is 4.92. The quantitative estimate of drug-likeness (QED) is 0.480. The summed E-state index contributed by atoms with van der Waals surface area (Å²) < 4.78 is 58.8. The van der Waals surface area contributed by atoms with E-state index in [1.165, 1.54) is 28.6 Å². The lowest BCUT2D eigenvalue weighted by Crippen LogP contribution is -2.47. The van der Waals surface area contributed by atoms with Crippen LogP contribution in [0.2, 0.25) is 0 Å². The Morgan fingerprint density at radius 2 is 1.74 bits per heavy atom. The van der Waals surface area contributed by atoms with Crippen molar-refractivity contribution in [3.05, 3.63) is 78.1 Å². The molecule has 0 aliphatic carbocycles. The van der Waals surface area contributed by atoms with E-state index < -0.39 is 15.8 Å². The SMILES string of the molecule is COc1cccc(CN2CCC(N(c3ccc4c(c3)OCO4)S(=O)(=O)c3ccc(F)cc3)CC2)c1. The molecular formula is C26H27FN2O5S. The van der Waals surface area contributed by atoms with Gasteiger partial charge in [0.1, 0.15) is 11.6 Å². The molecule has 0 spiro atoms. The van der Waals surface area contributed by atoms with E-state index in [-0.39, 0.29) is 17.7 Å². The number of halogens is 1. The zero-order chi connectivity index (χ0) is 24.4. The lowest BCUT2D eigenvalue weighted by molar-refractivity contribution is 0.174. The van der Waals surface area contributed by atoms with Crippen LogP contribution in [-0.2, 0) is 16.6 Å². The van der Waals surface area contributed by atoms with Gasteiger partial charge >= 0.3 is 0 Å². The molecule has 2 aliphatic rings. The van der Waals surface area contributed by atoms with E-state index in [0.717, 1.165) is 30.9 Å². The summed E-state index contributed by atoms with van der Waals surface area (Å²) in [5, 5.41) is 0. The van der Waals surface area contributed by atoms with Crippen LogP contribution in [0.15, 0.2) is 71.6 Å². The molecule has 0 amide bonds. The van der Waals surface area contributed by atoms with Gasteiger partial charge in [-0.25, -0.2) is 12.8 Å². The number of fused-ring (bicyclic) bond motifs is 1. The molecule has 1 fully saturated rings. The van der Waals surface area contributed by atoms with Crippen LogP contribution in [0, 0.1) is 5.82 Å². The van der Waals surface area contributed by atoms with Crippen LogP contribution in [0.5, 0.6) is 17.2 Å². The number of hydrogen-bond donors (Lipinski definition) is 0. The molecule has 0 saturated carbocycles. The number of ether oxygens (including phenoxy) is 3. The maximum atomic E-state index is 13.8. The lowest BCUT2D eigenvalue weighted by Gasteiger charge is -2.39. The molecule has 0 atom stereocenters. The Labute approximate surface area is 204 Å². The zero-order valence-corrected chi connectivity index (χ0v) is 20.2. The van der Waals surface area contributed by atoms with Crippen molar-refractivity contribution < 1.29 is 27.0 Å². The third-order valence-electron chi connectivity index (χ3n) is 6.41. The first-order chi connectivity index (χ1) is 16.9. The molecule has 3 aromatic carbocycles. The second-order valence-electron chi connectivity index (χ2n) is 8.65. The van der Waals surface area contributed by atoms with Crippen molar-refractivity contribution in [3.63, 3.8) is 0 Å². The first-order valence-corrected chi connectivity index (χ1v) is 12.9. The molecule has 0 aromatic heterocycles. The molecule has 0 unspecified atom stereocenters. The summed E-state index contributed by atoms with van der Waals surface area (Å²) in [6, 6.07) is 17.8. The fourth-order valence-electron chi connectivity index (χ4n) is 4.63. The number of likely N-dealkylation sites (tertiary alicyclic amines) is 1. The molecule has 0 N–H and O–H groups in total. The molecule has 2 aliphatic heterocycles. The number of methoxy groups -OCH3 is 1. The second kappa shape index (κ2) is 9.75. The largest absolute Gasteiger partial charge is 0.497 e. The maximum absolute atomic E-state index is 13.8. The Morgan fingerprint density at radius 3 is 2.49 bits per heavy atom. The fourth-order valence-corrected chi connectivity index (χ4v) is 6.33. The second-order valence-corrected chi connectivity index (χ2v) is 10.5. The summed E-state index contributed by atoms with van der Waals surface area (Å²) in [7, 11) is -2.29. The van der Waals surface area contributed by atoms with E-state index in [9.17, 15) is 12.8 Å². The van der Waals surface area contributed by atoms with Crippen LogP contribution in [0.1, 0.15) is 18.4 Å². The minimum absolute atomic E-state index is 0.0513. The Bertz CT molecular complexity index is 1290. The summed E-state index contributed by atoms with van der Waals surface area (Å²) in [5.74, 6) is 1.43. The zero-order valence-electron chi connectivity index (χ0n) is 19.4. The predicted octanol–water partition coefficient (Wildman–Crippen LogP) is 4.42. The maximum Gasteiger partial charge on any atom is 0.264 e. The predicted molar refractivity (Wildman–Crippen MR) is 130 cm³/mol. The van der Waals surface area contributed by atoms with Gasteiger partial charge in [0.05, 0.1) is 17.7 Å². The fraction of sp³-hybridized carbons (Fsp3) is 0.308. The first-order valence-electron chi connectivity index (χ1n) is 11.5. The number of hydrogen-bond acceptors (Lipinski definition) is 6. The van der Waals surface area contributed by atoms with Crippen LogP contribution in [0.25, 0.3) is 0 Å². The Kier molecular flexibility index (Phi) is 6.53. The minimum Gasteiger partial charge on any atom is -0.497 e. The summed E-state index contributed by atoms with van der Waals surface area (Å²) in [6.45, 7) is 2.34. The third-order valence-corrected chi connectivity index (χ3v) is 8.30. The summed E-state index contributed by atoms with van der Waals surface area (Å²) >= 11 is 0. The van der Waals surface area contributed by atoms with Crippen LogP contribution in [0.3, 0.4) is 0 Å². The topological polar surface area (TPSA) is 68.3 Å². The molecule has 35 heavy (non-hydrogen) atoms. The van der Waals surface area contributed by atoms with Gasteiger partial charge in [0.2, 0.25) is 6.79 Å². The van der Waals surface area contributed by atoms with Gasteiger partial charge in [-0.2, -0.15) is 0 Å². The summed E-state index contributed by atoms with van der Waals surface area (Å²) in [5.41, 5.74) is 1.65. The van der Waals surface area contributed by atoms with Crippen LogP contribution in [0.4, 0.5) is 10.1 Å². The normalized spacial score (nSPS) is 16.3. The highest BCUT2D eigenvalue weighted by molar-refractivity contribution is 7.92. The van der Waals surface area contributed by atoms with Crippen molar-refractivity contribution in [2.75, 3.05) is 31.3 Å². The molecule has 184 valence electrons. The molecule has 1 saturated heterocycles. The van der Waals surface area contributed by atoms with E-state index in [1.807, 2.05) is 18.2 Å². The van der Waals surface area contributed by atoms with E-state index >= 15 is 0 Å². The van der Waals surface area contributed by atoms with Crippen LogP contribution < -0.4 is 18.5 Å². The monoisotopic (exact) mass is 498 g/mol. The average molecular weight is 499 g/mol. The number of piperidine rings is 1. The van der Waals surface area contributed by atoms with Gasteiger partial charge < -0.3 is 14.2 Å². The number of anilines is 1. The van der Waals surface area contributed by atoms with E-state index in [4.69, 9.17) is 14.2 Å². The number of benzene rings is 3. The summed E-state index contributed by atoms with van der Waals surface area (Å²) in [4.78, 5) is 2.36. The Morgan fingerprint density at radius 1 is 1.00 bits per heavy atom. The highest BCUT2D eigenvalue weighted by atomic mass is 32.2. The summed E-state index contributed by atoms with van der Waals surface area (Å²) in [6.07, 6.45) is 1.30. The molecular weight excluding hydrogens is 471 g/mol. The van der Waals surface area contributed by atoms with Crippen LogP contribution >= 0.6 is 0 Å². The average Bonchev–Trinajstić information content (AvgIpc) is 3.34. The number of rotatable bonds is 7. The van der Waals surface area contributed by atoms with Gasteiger partial charge in [-0.05, 0) is 66.9 Å². The highest BCUT2D eigenvalue weighted by Crippen LogP contribution is 2.39. The number of nitrogens with zero attached hydrogens (tertiary/aromatic N) is 2. The standard InChI is InChI=1S/C26H27FN2O5S/c1-32-23-4-2-3-19(15-23)17-28-13-11-21(12-14-28)29(22-7-10-25-26(16-22)34-18-33-25)35(30,31)24-8-5-20(27)6-9-24/h2-10,15-16,21H,11-14,17-18H2,1H3. The van der Waals surface area contributed by atoms with Gasteiger partial charge in [-0.15, -0.1) is 0 Å². The molecule has 0 bridgehead atoms. The van der Waals surface area contributed by atoms with Crippen molar-refractivity contribution in [2.24, 2.45) is 0 Å². The van der Waals surface area contributed by atoms with Crippen molar-refractivity contribution >= 4 is 15.7 Å².